The molecule has 0 heterocycles. The third-order valence-corrected chi connectivity index (χ3v) is 5.04. The van der Waals surface area contributed by atoms with Crippen LogP contribution in [0, 0.1) is 0 Å². The largest absolute Gasteiger partial charge is 0.490 e. The van der Waals surface area contributed by atoms with Crippen molar-refractivity contribution in [2.24, 2.45) is 0 Å². The number of esters is 1. The van der Waals surface area contributed by atoms with E-state index in [0.29, 0.717) is 13.2 Å². The van der Waals surface area contributed by atoms with Gasteiger partial charge < -0.3 is 14.2 Å². The van der Waals surface area contributed by atoms with Crippen molar-refractivity contribution >= 4 is 5.97 Å². The Balaban J connectivity index is 2.04. The molecule has 1 atom stereocenters. The molecule has 0 fully saturated rings. The summed E-state index contributed by atoms with van der Waals surface area (Å²) < 4.78 is 16.5. The number of para-hydroxylation sites is 1. The van der Waals surface area contributed by atoms with Crippen LogP contribution in [-0.2, 0) is 14.3 Å². The molecule has 166 valence electrons. The van der Waals surface area contributed by atoms with Crippen molar-refractivity contribution in [1.82, 2.24) is 0 Å². The van der Waals surface area contributed by atoms with Crippen LogP contribution in [0.15, 0.2) is 30.3 Å². The number of rotatable bonds is 19. The topological polar surface area (TPSA) is 44.8 Å². The highest BCUT2D eigenvalue weighted by molar-refractivity contribution is 5.74. The molecule has 0 aromatic heterocycles. The lowest BCUT2D eigenvalue weighted by atomic mass is 10.0. The molecule has 0 bridgehead atoms. The number of carbonyl (C=O) groups is 1. The van der Waals surface area contributed by atoms with Gasteiger partial charge in [0.15, 0.2) is 6.10 Å². The maximum atomic E-state index is 12.3. The summed E-state index contributed by atoms with van der Waals surface area (Å²) in [7, 11) is 0. The van der Waals surface area contributed by atoms with Crippen molar-refractivity contribution in [3.63, 3.8) is 0 Å². The van der Waals surface area contributed by atoms with E-state index in [1.807, 2.05) is 37.3 Å². The highest BCUT2D eigenvalue weighted by atomic mass is 16.6. The molecule has 1 rings (SSSR count). The number of unbranched alkanes of at least 4 members (excludes halogenated alkanes) is 10. The van der Waals surface area contributed by atoms with Gasteiger partial charge in [-0.25, -0.2) is 4.79 Å². The molecule has 1 aromatic carbocycles. The summed E-state index contributed by atoms with van der Waals surface area (Å²) in [6.45, 7) is 5.30. The number of benzene rings is 1. The molecule has 0 amide bonds. The first-order valence-electron chi connectivity index (χ1n) is 11.7. The van der Waals surface area contributed by atoms with Crippen LogP contribution in [0.2, 0.25) is 0 Å². The second-order valence-corrected chi connectivity index (χ2v) is 7.60. The summed E-state index contributed by atoms with van der Waals surface area (Å²) in [6.07, 6.45) is 14.6. The average Bonchev–Trinajstić information content (AvgIpc) is 2.75. The SMILES string of the molecule is CCCCCCCCCCCCCC(OCC)C(=O)OCCOc1ccccc1. The first-order chi connectivity index (χ1) is 14.3. The van der Waals surface area contributed by atoms with E-state index < -0.39 is 6.10 Å². The van der Waals surface area contributed by atoms with E-state index in [9.17, 15) is 4.79 Å². The molecule has 0 radical (unpaired) electrons. The van der Waals surface area contributed by atoms with E-state index in [4.69, 9.17) is 14.2 Å². The lowest BCUT2D eigenvalue weighted by Crippen LogP contribution is -2.28. The summed E-state index contributed by atoms with van der Waals surface area (Å²) in [6, 6.07) is 9.54. The number of ether oxygens (including phenoxy) is 3. The second kappa shape index (κ2) is 18.5. The fraction of sp³-hybridized carbons (Fsp3) is 0.720. The summed E-state index contributed by atoms with van der Waals surface area (Å²) in [4.78, 5) is 12.3. The Hall–Kier alpha value is -1.55. The minimum absolute atomic E-state index is 0.246. The molecule has 0 N–H and O–H groups in total. The van der Waals surface area contributed by atoms with Gasteiger partial charge in [-0.15, -0.1) is 0 Å². The lowest BCUT2D eigenvalue weighted by Gasteiger charge is -2.16. The minimum Gasteiger partial charge on any atom is -0.490 e. The van der Waals surface area contributed by atoms with Gasteiger partial charge in [0.2, 0.25) is 0 Å². The van der Waals surface area contributed by atoms with Crippen molar-refractivity contribution in [2.45, 2.75) is 97.0 Å². The van der Waals surface area contributed by atoms with Gasteiger partial charge in [0.05, 0.1) is 0 Å². The smallest absolute Gasteiger partial charge is 0.335 e. The quantitative estimate of drug-likeness (QED) is 0.189. The third kappa shape index (κ3) is 14.1. The molecule has 29 heavy (non-hydrogen) atoms. The van der Waals surface area contributed by atoms with Gasteiger partial charge in [0, 0.05) is 6.61 Å². The maximum absolute atomic E-state index is 12.3. The predicted octanol–water partition coefficient (Wildman–Crippen LogP) is 6.71. The fourth-order valence-electron chi connectivity index (χ4n) is 3.38. The zero-order valence-electron chi connectivity index (χ0n) is 18.7. The van der Waals surface area contributed by atoms with Gasteiger partial charge in [0.1, 0.15) is 19.0 Å². The zero-order valence-corrected chi connectivity index (χ0v) is 18.7. The van der Waals surface area contributed by atoms with Gasteiger partial charge in [-0.3, -0.25) is 0 Å². The zero-order chi connectivity index (χ0) is 21.0. The maximum Gasteiger partial charge on any atom is 0.335 e. The minimum atomic E-state index is -0.449. The molecule has 0 saturated carbocycles. The standard InChI is InChI=1S/C25H42O4/c1-3-5-6-7-8-9-10-11-12-13-17-20-24(27-4-2)25(26)29-22-21-28-23-18-15-14-16-19-23/h14-16,18-19,24H,3-13,17,20-22H2,1-2H3. The van der Waals surface area contributed by atoms with Crippen LogP contribution < -0.4 is 4.74 Å². The van der Waals surface area contributed by atoms with E-state index in [1.165, 1.54) is 57.8 Å². The van der Waals surface area contributed by atoms with Gasteiger partial charge in [0.25, 0.3) is 0 Å². The summed E-state index contributed by atoms with van der Waals surface area (Å²) in [5, 5.41) is 0. The highest BCUT2D eigenvalue weighted by Gasteiger charge is 2.19. The van der Waals surface area contributed by atoms with Crippen molar-refractivity contribution in [3.8, 4) is 5.75 Å². The highest BCUT2D eigenvalue weighted by Crippen LogP contribution is 2.14. The molecule has 0 aliphatic rings. The van der Waals surface area contributed by atoms with Gasteiger partial charge in [-0.2, -0.15) is 0 Å². The Morgan fingerprint density at radius 1 is 0.793 bits per heavy atom. The van der Waals surface area contributed by atoms with Crippen LogP contribution in [0.3, 0.4) is 0 Å². The van der Waals surface area contributed by atoms with Crippen molar-refractivity contribution in [1.29, 1.82) is 0 Å². The molecule has 1 aromatic rings. The third-order valence-electron chi connectivity index (χ3n) is 5.04. The molecule has 4 heteroatoms. The van der Waals surface area contributed by atoms with Gasteiger partial charge >= 0.3 is 5.97 Å². The molecule has 1 unspecified atom stereocenters. The summed E-state index contributed by atoms with van der Waals surface area (Å²) >= 11 is 0. The van der Waals surface area contributed by atoms with Crippen LogP contribution in [0.25, 0.3) is 0 Å². The number of carbonyl (C=O) groups excluding carboxylic acids is 1. The Kier molecular flexibility index (Phi) is 16.2. The van der Waals surface area contributed by atoms with Crippen molar-refractivity contribution < 1.29 is 19.0 Å². The van der Waals surface area contributed by atoms with Crippen LogP contribution in [0.1, 0.15) is 90.9 Å². The second-order valence-electron chi connectivity index (χ2n) is 7.60. The Bertz CT molecular complexity index is 489. The van der Waals surface area contributed by atoms with E-state index in [2.05, 4.69) is 6.92 Å². The van der Waals surface area contributed by atoms with Crippen molar-refractivity contribution in [3.05, 3.63) is 30.3 Å². The monoisotopic (exact) mass is 406 g/mol. The summed E-state index contributed by atoms with van der Waals surface area (Å²) in [5.74, 6) is 0.515. The van der Waals surface area contributed by atoms with Crippen LogP contribution in [0.5, 0.6) is 5.75 Å². The Morgan fingerprint density at radius 2 is 1.38 bits per heavy atom. The summed E-state index contributed by atoms with van der Waals surface area (Å²) in [5.41, 5.74) is 0. The fourth-order valence-corrected chi connectivity index (χ4v) is 3.38. The first kappa shape index (κ1) is 25.5. The molecule has 0 spiro atoms. The van der Waals surface area contributed by atoms with E-state index in [-0.39, 0.29) is 12.6 Å². The molecule has 0 saturated heterocycles. The van der Waals surface area contributed by atoms with Gasteiger partial charge in [-0.1, -0.05) is 95.8 Å². The lowest BCUT2D eigenvalue weighted by molar-refractivity contribution is -0.158. The normalized spacial score (nSPS) is 11.9. The predicted molar refractivity (Wildman–Crippen MR) is 119 cm³/mol. The first-order valence-corrected chi connectivity index (χ1v) is 11.7. The van der Waals surface area contributed by atoms with E-state index >= 15 is 0 Å². The van der Waals surface area contributed by atoms with Crippen LogP contribution in [0.4, 0.5) is 0 Å². The van der Waals surface area contributed by atoms with E-state index in [1.54, 1.807) is 0 Å². The van der Waals surface area contributed by atoms with Gasteiger partial charge in [-0.05, 0) is 25.5 Å². The molecule has 0 aliphatic carbocycles. The molecule has 4 nitrogen and oxygen atoms in total. The van der Waals surface area contributed by atoms with E-state index in [0.717, 1.165) is 25.0 Å². The van der Waals surface area contributed by atoms with Crippen LogP contribution >= 0.6 is 0 Å². The van der Waals surface area contributed by atoms with Crippen molar-refractivity contribution in [2.75, 3.05) is 19.8 Å². The van der Waals surface area contributed by atoms with Crippen LogP contribution in [-0.4, -0.2) is 31.9 Å². The molecular weight excluding hydrogens is 364 g/mol. The Morgan fingerprint density at radius 3 is 1.97 bits per heavy atom. The number of hydrogen-bond acceptors (Lipinski definition) is 4. The number of hydrogen-bond donors (Lipinski definition) is 0. The molecular formula is C25H42O4. The Labute approximate surface area is 178 Å². The average molecular weight is 407 g/mol. The molecule has 0 aliphatic heterocycles.